The van der Waals surface area contributed by atoms with Gasteiger partial charge in [-0.25, -0.2) is 9.97 Å². The van der Waals surface area contributed by atoms with Gasteiger partial charge in [-0.1, -0.05) is 27.7 Å². The minimum atomic E-state index is -0.0106. The highest BCUT2D eigenvalue weighted by Crippen LogP contribution is 2.24. The SMILES string of the molecule is CCCNc1nc(C(C)(C)C)ncc1Br. The van der Waals surface area contributed by atoms with E-state index in [1.165, 1.54) is 0 Å². The summed E-state index contributed by atoms with van der Waals surface area (Å²) in [5, 5.41) is 3.28. The van der Waals surface area contributed by atoms with Crippen LogP contribution in [0, 0.1) is 0 Å². The molecule has 1 heterocycles. The average molecular weight is 272 g/mol. The zero-order chi connectivity index (χ0) is 11.5. The van der Waals surface area contributed by atoms with Crippen molar-refractivity contribution in [3.63, 3.8) is 0 Å². The molecule has 0 aliphatic heterocycles. The Morgan fingerprint density at radius 3 is 2.60 bits per heavy atom. The summed E-state index contributed by atoms with van der Waals surface area (Å²) in [5.74, 6) is 1.75. The smallest absolute Gasteiger partial charge is 0.144 e. The van der Waals surface area contributed by atoms with Gasteiger partial charge in [0.1, 0.15) is 11.6 Å². The molecule has 0 bridgehead atoms. The van der Waals surface area contributed by atoms with E-state index in [2.05, 4.69) is 58.9 Å². The predicted molar refractivity (Wildman–Crippen MR) is 67.2 cm³/mol. The number of hydrogen-bond acceptors (Lipinski definition) is 3. The van der Waals surface area contributed by atoms with Crippen LogP contribution in [0.5, 0.6) is 0 Å². The van der Waals surface area contributed by atoms with Gasteiger partial charge in [0.05, 0.1) is 4.47 Å². The summed E-state index contributed by atoms with van der Waals surface area (Å²) >= 11 is 3.44. The lowest BCUT2D eigenvalue weighted by Gasteiger charge is -2.17. The van der Waals surface area contributed by atoms with Crippen LogP contribution in [-0.2, 0) is 5.41 Å². The van der Waals surface area contributed by atoms with Crippen molar-refractivity contribution in [3.05, 3.63) is 16.5 Å². The fourth-order valence-corrected chi connectivity index (χ4v) is 1.43. The van der Waals surface area contributed by atoms with Gasteiger partial charge in [0, 0.05) is 18.2 Å². The van der Waals surface area contributed by atoms with Gasteiger partial charge in [-0.05, 0) is 22.4 Å². The first-order valence-electron chi connectivity index (χ1n) is 5.22. The van der Waals surface area contributed by atoms with Gasteiger partial charge in [-0.2, -0.15) is 0 Å². The monoisotopic (exact) mass is 271 g/mol. The number of nitrogens with zero attached hydrogens (tertiary/aromatic N) is 2. The first-order chi connectivity index (χ1) is 6.95. The lowest BCUT2D eigenvalue weighted by molar-refractivity contribution is 0.545. The van der Waals surface area contributed by atoms with Gasteiger partial charge < -0.3 is 5.32 Å². The molecule has 0 aromatic carbocycles. The lowest BCUT2D eigenvalue weighted by atomic mass is 9.96. The number of halogens is 1. The lowest BCUT2D eigenvalue weighted by Crippen LogP contribution is -2.17. The third-order valence-electron chi connectivity index (χ3n) is 1.96. The van der Waals surface area contributed by atoms with Crippen molar-refractivity contribution < 1.29 is 0 Å². The molecule has 0 aliphatic carbocycles. The Morgan fingerprint density at radius 1 is 1.40 bits per heavy atom. The molecular formula is C11H18BrN3. The Morgan fingerprint density at radius 2 is 2.07 bits per heavy atom. The van der Waals surface area contributed by atoms with Crippen molar-refractivity contribution in [1.29, 1.82) is 0 Å². The highest BCUT2D eigenvalue weighted by atomic mass is 79.9. The van der Waals surface area contributed by atoms with Gasteiger partial charge in [0.15, 0.2) is 0 Å². The summed E-state index contributed by atoms with van der Waals surface area (Å²) in [5.41, 5.74) is -0.0106. The fraction of sp³-hybridized carbons (Fsp3) is 0.636. The van der Waals surface area contributed by atoms with Crippen LogP contribution in [0.3, 0.4) is 0 Å². The van der Waals surface area contributed by atoms with E-state index in [0.717, 1.165) is 29.1 Å². The average Bonchev–Trinajstić information content (AvgIpc) is 2.15. The first kappa shape index (κ1) is 12.4. The second-order valence-electron chi connectivity index (χ2n) is 4.57. The molecule has 4 heteroatoms. The third kappa shape index (κ3) is 3.45. The van der Waals surface area contributed by atoms with Gasteiger partial charge in [0.25, 0.3) is 0 Å². The molecule has 3 nitrogen and oxygen atoms in total. The van der Waals surface area contributed by atoms with Crippen LogP contribution in [0.25, 0.3) is 0 Å². The molecule has 1 aromatic rings. The molecule has 0 amide bonds. The number of aromatic nitrogens is 2. The molecule has 1 rings (SSSR count). The van der Waals surface area contributed by atoms with Crippen LogP contribution < -0.4 is 5.32 Å². The van der Waals surface area contributed by atoms with Crippen molar-refractivity contribution in [2.45, 2.75) is 39.5 Å². The van der Waals surface area contributed by atoms with Gasteiger partial charge in [-0.15, -0.1) is 0 Å². The van der Waals surface area contributed by atoms with E-state index in [0.29, 0.717) is 0 Å². The Kier molecular flexibility index (Phi) is 4.08. The summed E-state index contributed by atoms with van der Waals surface area (Å²) in [6.45, 7) is 9.39. The Balaban J connectivity index is 2.95. The topological polar surface area (TPSA) is 37.8 Å². The highest BCUT2D eigenvalue weighted by molar-refractivity contribution is 9.10. The molecule has 0 saturated carbocycles. The van der Waals surface area contributed by atoms with Crippen molar-refractivity contribution >= 4 is 21.7 Å². The second kappa shape index (κ2) is 4.92. The fourth-order valence-electron chi connectivity index (χ4n) is 1.10. The molecular weight excluding hydrogens is 254 g/mol. The van der Waals surface area contributed by atoms with E-state index in [1.807, 2.05) is 6.20 Å². The van der Waals surface area contributed by atoms with Gasteiger partial charge in [-0.3, -0.25) is 0 Å². The van der Waals surface area contributed by atoms with Crippen molar-refractivity contribution in [1.82, 2.24) is 9.97 Å². The summed E-state index contributed by atoms with van der Waals surface area (Å²) < 4.78 is 0.920. The minimum Gasteiger partial charge on any atom is -0.369 e. The summed E-state index contributed by atoms with van der Waals surface area (Å²) in [6.07, 6.45) is 2.90. The third-order valence-corrected chi connectivity index (χ3v) is 2.54. The minimum absolute atomic E-state index is 0.0106. The molecule has 0 fully saturated rings. The van der Waals surface area contributed by atoms with E-state index in [1.54, 1.807) is 0 Å². The molecule has 1 N–H and O–H groups in total. The zero-order valence-corrected chi connectivity index (χ0v) is 11.3. The maximum atomic E-state index is 4.51. The second-order valence-corrected chi connectivity index (χ2v) is 5.42. The van der Waals surface area contributed by atoms with Crippen LogP contribution >= 0.6 is 15.9 Å². The summed E-state index contributed by atoms with van der Waals surface area (Å²) in [4.78, 5) is 8.83. The molecule has 0 spiro atoms. The number of nitrogens with one attached hydrogen (secondary N) is 1. The Hall–Kier alpha value is -0.640. The van der Waals surface area contributed by atoms with E-state index in [-0.39, 0.29) is 5.41 Å². The molecule has 84 valence electrons. The van der Waals surface area contributed by atoms with E-state index < -0.39 is 0 Å². The molecule has 0 saturated heterocycles. The van der Waals surface area contributed by atoms with Gasteiger partial charge >= 0.3 is 0 Å². The Bertz CT molecular complexity index is 331. The van der Waals surface area contributed by atoms with E-state index >= 15 is 0 Å². The molecule has 1 aromatic heterocycles. The molecule has 15 heavy (non-hydrogen) atoms. The largest absolute Gasteiger partial charge is 0.369 e. The predicted octanol–water partition coefficient (Wildman–Crippen LogP) is 3.36. The number of hydrogen-bond donors (Lipinski definition) is 1. The maximum absolute atomic E-state index is 4.51. The van der Waals surface area contributed by atoms with Crippen LogP contribution in [0.2, 0.25) is 0 Å². The highest BCUT2D eigenvalue weighted by Gasteiger charge is 2.18. The van der Waals surface area contributed by atoms with Gasteiger partial charge in [0.2, 0.25) is 0 Å². The summed E-state index contributed by atoms with van der Waals surface area (Å²) in [7, 11) is 0. The quantitative estimate of drug-likeness (QED) is 0.916. The first-order valence-corrected chi connectivity index (χ1v) is 6.01. The van der Waals surface area contributed by atoms with Crippen LogP contribution in [-0.4, -0.2) is 16.5 Å². The van der Waals surface area contributed by atoms with Crippen molar-refractivity contribution in [3.8, 4) is 0 Å². The standard InChI is InChI=1S/C11H18BrN3/c1-5-6-13-9-8(12)7-14-10(15-9)11(2,3)4/h7H,5-6H2,1-4H3,(H,13,14,15). The summed E-state index contributed by atoms with van der Waals surface area (Å²) in [6, 6.07) is 0. The van der Waals surface area contributed by atoms with Crippen molar-refractivity contribution in [2.75, 3.05) is 11.9 Å². The zero-order valence-electron chi connectivity index (χ0n) is 9.76. The Labute approximate surface area is 99.8 Å². The van der Waals surface area contributed by atoms with E-state index in [4.69, 9.17) is 0 Å². The maximum Gasteiger partial charge on any atom is 0.144 e. The molecule has 0 aliphatic rings. The van der Waals surface area contributed by atoms with Crippen LogP contribution in [0.15, 0.2) is 10.7 Å². The molecule has 0 atom stereocenters. The van der Waals surface area contributed by atoms with Crippen LogP contribution in [0.4, 0.5) is 5.82 Å². The normalized spacial score (nSPS) is 11.5. The number of rotatable bonds is 3. The molecule has 0 unspecified atom stereocenters. The number of anilines is 1. The van der Waals surface area contributed by atoms with Crippen molar-refractivity contribution in [2.24, 2.45) is 0 Å². The molecule has 0 radical (unpaired) electrons. The van der Waals surface area contributed by atoms with E-state index in [9.17, 15) is 0 Å². The van der Waals surface area contributed by atoms with Crippen LogP contribution in [0.1, 0.15) is 39.9 Å².